The normalized spacial score (nSPS) is 11.1. The third kappa shape index (κ3) is 1.45. The molecular weight excluding hydrogens is 142 g/mol. The molecule has 1 aromatic rings. The molecule has 0 bridgehead atoms. The van der Waals surface area contributed by atoms with E-state index in [1.54, 1.807) is 18.8 Å². The second-order valence-electron chi connectivity index (χ2n) is 2.06. The fraction of sp³-hybridized carbons (Fsp3) is 0.143. The Balaban J connectivity index is 3.15. The maximum Gasteiger partial charge on any atom is 0.373 e. The van der Waals surface area contributed by atoms with E-state index in [2.05, 4.69) is 0 Å². The van der Waals surface area contributed by atoms with Gasteiger partial charge in [0.25, 0.3) is 0 Å². The predicted octanol–water partition coefficient (Wildman–Crippen LogP) is 0.563. The molecule has 1 aromatic carbocycles. The van der Waals surface area contributed by atoms with Gasteiger partial charge >= 0.3 is 7.80 Å². The zero-order valence-corrected chi connectivity index (χ0v) is 6.64. The Kier molecular flexibility index (Phi) is 2.23. The molecule has 48 valence electrons. The second kappa shape index (κ2) is 2.98. The van der Waals surface area contributed by atoms with E-state index < -0.39 is 7.80 Å². The van der Waals surface area contributed by atoms with Gasteiger partial charge in [-0.05, 0) is 11.5 Å². The lowest BCUT2D eigenvalue weighted by Gasteiger charge is -1.89. The monoisotopic (exact) mass is 149 g/mol. The minimum atomic E-state index is -1.29. The molecule has 10 heavy (non-hydrogen) atoms. The summed E-state index contributed by atoms with van der Waals surface area (Å²) in [4.78, 5) is 0. The van der Waals surface area contributed by atoms with Crippen molar-refractivity contribution in [2.75, 3.05) is 6.66 Å². The van der Waals surface area contributed by atoms with Crippen molar-refractivity contribution >= 4 is 26.4 Å². The fourth-order valence-electron chi connectivity index (χ4n) is 0.774. The van der Waals surface area contributed by atoms with Gasteiger partial charge < -0.3 is 0 Å². The number of benzene rings is 1. The van der Waals surface area contributed by atoms with E-state index in [0.29, 0.717) is 5.46 Å². The summed E-state index contributed by atoms with van der Waals surface area (Å²) < 4.78 is 10.9. The number of rotatable bonds is 1. The van der Waals surface area contributed by atoms with Crippen molar-refractivity contribution in [1.29, 1.82) is 0 Å². The van der Waals surface area contributed by atoms with E-state index in [9.17, 15) is 4.57 Å². The maximum absolute atomic E-state index is 10.9. The van der Waals surface area contributed by atoms with Gasteiger partial charge in [-0.3, -0.25) is 0 Å². The molecule has 1 rings (SSSR count). The van der Waals surface area contributed by atoms with Gasteiger partial charge in [0.2, 0.25) is 0 Å². The van der Waals surface area contributed by atoms with Crippen molar-refractivity contribution in [3.8, 4) is 0 Å². The Labute approximate surface area is 62.7 Å². The van der Waals surface area contributed by atoms with Gasteiger partial charge in [-0.1, -0.05) is 22.8 Å². The van der Waals surface area contributed by atoms with Crippen molar-refractivity contribution in [2.24, 2.45) is 0 Å². The van der Waals surface area contributed by atoms with Crippen LogP contribution in [0.1, 0.15) is 0 Å². The molecular formula is C7H7BOP+. The molecule has 0 N–H and O–H groups in total. The summed E-state index contributed by atoms with van der Waals surface area (Å²) in [5.74, 6) is 0. The third-order valence-corrected chi connectivity index (χ3v) is 2.36. The summed E-state index contributed by atoms with van der Waals surface area (Å²) in [7, 11) is 4.25. The first kappa shape index (κ1) is 7.49. The molecule has 0 aliphatic heterocycles. The average Bonchev–Trinajstić information content (AvgIpc) is 1.88. The molecule has 1 atom stereocenters. The SMILES string of the molecule is [B]c1ccccc1[P+](C)=O. The van der Waals surface area contributed by atoms with E-state index in [-0.39, 0.29) is 0 Å². The van der Waals surface area contributed by atoms with E-state index in [0.717, 1.165) is 5.30 Å². The van der Waals surface area contributed by atoms with Crippen LogP contribution in [0.3, 0.4) is 0 Å². The Hall–Kier alpha value is -0.615. The lowest BCUT2D eigenvalue weighted by Crippen LogP contribution is -2.20. The lowest BCUT2D eigenvalue weighted by molar-refractivity contribution is 0.596. The highest BCUT2D eigenvalue weighted by Crippen LogP contribution is 2.09. The minimum Gasteiger partial charge on any atom is -0.0684 e. The van der Waals surface area contributed by atoms with Crippen LogP contribution in [0, 0.1) is 0 Å². The highest BCUT2D eigenvalue weighted by molar-refractivity contribution is 7.53. The molecule has 1 unspecified atom stereocenters. The van der Waals surface area contributed by atoms with Gasteiger partial charge in [0, 0.05) is 0 Å². The molecule has 1 nitrogen and oxygen atoms in total. The Morgan fingerprint density at radius 2 is 2.00 bits per heavy atom. The minimum absolute atomic E-state index is 0.617. The maximum atomic E-state index is 10.9. The van der Waals surface area contributed by atoms with Gasteiger partial charge in [0.15, 0.2) is 5.30 Å². The Morgan fingerprint density at radius 1 is 1.40 bits per heavy atom. The first-order valence-corrected chi connectivity index (χ1v) is 4.68. The standard InChI is InChI=1S/C7H7BOP/c1-10(9)7-5-3-2-4-6(7)8/h2-5H,1H3/q+1. The van der Waals surface area contributed by atoms with Gasteiger partial charge in [-0.2, -0.15) is 0 Å². The summed E-state index contributed by atoms with van der Waals surface area (Å²) in [6.45, 7) is 1.65. The van der Waals surface area contributed by atoms with Crippen LogP contribution in [0.25, 0.3) is 0 Å². The predicted molar refractivity (Wildman–Crippen MR) is 45.0 cm³/mol. The number of hydrogen-bond acceptors (Lipinski definition) is 1. The van der Waals surface area contributed by atoms with Crippen LogP contribution in [-0.4, -0.2) is 14.5 Å². The second-order valence-corrected chi connectivity index (χ2v) is 3.53. The van der Waals surface area contributed by atoms with Crippen LogP contribution >= 0.6 is 7.80 Å². The average molecular weight is 149 g/mol. The van der Waals surface area contributed by atoms with E-state index in [4.69, 9.17) is 7.85 Å². The molecule has 2 radical (unpaired) electrons. The van der Waals surface area contributed by atoms with Crippen LogP contribution in [-0.2, 0) is 4.57 Å². The van der Waals surface area contributed by atoms with Crippen LogP contribution < -0.4 is 10.8 Å². The summed E-state index contributed by atoms with van der Waals surface area (Å²) in [6, 6.07) is 7.21. The largest absolute Gasteiger partial charge is 0.373 e. The molecule has 0 saturated carbocycles. The van der Waals surface area contributed by atoms with Gasteiger partial charge in [0.05, 0.1) is 0 Å². The van der Waals surface area contributed by atoms with Crippen LogP contribution in [0.15, 0.2) is 24.3 Å². The molecule has 3 heteroatoms. The zero-order chi connectivity index (χ0) is 7.56. The Morgan fingerprint density at radius 3 is 2.40 bits per heavy atom. The van der Waals surface area contributed by atoms with Gasteiger partial charge in [0.1, 0.15) is 14.5 Å². The molecule has 0 heterocycles. The van der Waals surface area contributed by atoms with E-state index >= 15 is 0 Å². The van der Waals surface area contributed by atoms with Gasteiger partial charge in [-0.25, -0.2) is 0 Å². The smallest absolute Gasteiger partial charge is 0.0684 e. The third-order valence-electron chi connectivity index (χ3n) is 1.28. The van der Waals surface area contributed by atoms with Crippen molar-refractivity contribution < 1.29 is 4.57 Å². The number of hydrogen-bond donors (Lipinski definition) is 0. The fourth-order valence-corrected chi connectivity index (χ4v) is 1.51. The first-order chi connectivity index (χ1) is 4.72. The topological polar surface area (TPSA) is 17.1 Å². The molecule has 0 fully saturated rings. The summed E-state index contributed by atoms with van der Waals surface area (Å²) in [5, 5.41) is 0.748. The molecule has 0 aromatic heterocycles. The van der Waals surface area contributed by atoms with Crippen molar-refractivity contribution in [3.05, 3.63) is 24.3 Å². The summed E-state index contributed by atoms with van der Waals surface area (Å²) >= 11 is 0. The van der Waals surface area contributed by atoms with Crippen molar-refractivity contribution in [1.82, 2.24) is 0 Å². The molecule has 0 spiro atoms. The van der Waals surface area contributed by atoms with Crippen molar-refractivity contribution in [2.45, 2.75) is 0 Å². The van der Waals surface area contributed by atoms with Crippen molar-refractivity contribution in [3.63, 3.8) is 0 Å². The van der Waals surface area contributed by atoms with Crippen LogP contribution in [0.4, 0.5) is 0 Å². The first-order valence-electron chi connectivity index (χ1n) is 2.97. The quantitative estimate of drug-likeness (QED) is 0.421. The van der Waals surface area contributed by atoms with E-state index in [1.807, 2.05) is 12.1 Å². The van der Waals surface area contributed by atoms with Crippen LogP contribution in [0.2, 0.25) is 0 Å². The van der Waals surface area contributed by atoms with Crippen LogP contribution in [0.5, 0.6) is 0 Å². The van der Waals surface area contributed by atoms with E-state index in [1.165, 1.54) is 0 Å². The zero-order valence-electron chi connectivity index (χ0n) is 5.74. The molecule has 0 aliphatic rings. The highest BCUT2D eigenvalue weighted by Gasteiger charge is 2.12. The Bertz CT molecular complexity index is 260. The molecule has 0 saturated heterocycles. The van der Waals surface area contributed by atoms with Gasteiger partial charge in [-0.15, -0.1) is 0 Å². The summed E-state index contributed by atoms with van der Waals surface area (Å²) in [5.41, 5.74) is 0.617. The lowest BCUT2D eigenvalue weighted by atomic mass is 9.97. The molecule has 0 amide bonds. The highest BCUT2D eigenvalue weighted by atomic mass is 31.1. The summed E-state index contributed by atoms with van der Waals surface area (Å²) in [6.07, 6.45) is 0. The molecule has 0 aliphatic carbocycles.